The van der Waals surface area contributed by atoms with Crippen molar-refractivity contribution in [3.63, 3.8) is 0 Å². The minimum absolute atomic E-state index is 0.147. The van der Waals surface area contributed by atoms with Gasteiger partial charge in [0.05, 0.1) is 23.7 Å². The van der Waals surface area contributed by atoms with Crippen LogP contribution >= 0.6 is 15.9 Å². The number of aromatic nitrogens is 1. The monoisotopic (exact) mass is 274 g/mol. The number of nitrogen functional groups attached to an aromatic ring is 1. The van der Waals surface area contributed by atoms with Crippen LogP contribution in [0.5, 0.6) is 0 Å². The Labute approximate surface area is 95.0 Å². The Hall–Kier alpha value is -1.30. The lowest BCUT2D eigenvalue weighted by molar-refractivity contribution is -0.140. The summed E-state index contributed by atoms with van der Waals surface area (Å²) in [4.78, 5) is 22.1. The zero-order valence-corrected chi connectivity index (χ0v) is 9.78. The number of carbonyl (C=O) groups excluding carboxylic acids is 1. The van der Waals surface area contributed by atoms with E-state index < -0.39 is 0 Å². The first-order valence-corrected chi connectivity index (χ1v) is 5.05. The van der Waals surface area contributed by atoms with Gasteiger partial charge in [-0.2, -0.15) is 0 Å². The zero-order valence-electron chi connectivity index (χ0n) is 8.20. The average molecular weight is 275 g/mol. The van der Waals surface area contributed by atoms with Gasteiger partial charge >= 0.3 is 5.97 Å². The van der Waals surface area contributed by atoms with E-state index in [1.165, 1.54) is 13.3 Å². The normalized spacial score (nSPS) is 10.0. The van der Waals surface area contributed by atoms with Crippen LogP contribution in [0.4, 0.5) is 5.69 Å². The molecule has 1 heterocycles. The summed E-state index contributed by atoms with van der Waals surface area (Å²) in [6.07, 6.45) is 3.32. The molecule has 82 valence electrons. The first kappa shape index (κ1) is 11.8. The molecule has 0 atom stereocenters. The SMILES string of the molecule is COC(=O)CCn1cc(N)c(=O)c(Br)c1. The molecule has 0 spiro atoms. The molecule has 0 saturated carbocycles. The Morgan fingerprint density at radius 1 is 1.60 bits per heavy atom. The maximum Gasteiger partial charge on any atom is 0.307 e. The number of aryl methyl sites for hydroxylation is 1. The quantitative estimate of drug-likeness (QED) is 0.826. The van der Waals surface area contributed by atoms with Gasteiger partial charge in [-0.1, -0.05) is 0 Å². The summed E-state index contributed by atoms with van der Waals surface area (Å²) in [6, 6.07) is 0. The van der Waals surface area contributed by atoms with Gasteiger partial charge in [0.25, 0.3) is 0 Å². The molecule has 1 rings (SSSR count). The summed E-state index contributed by atoms with van der Waals surface area (Å²) >= 11 is 3.09. The van der Waals surface area contributed by atoms with Crippen LogP contribution in [0, 0.1) is 0 Å². The molecule has 0 radical (unpaired) electrons. The number of hydrogen-bond acceptors (Lipinski definition) is 4. The number of anilines is 1. The van der Waals surface area contributed by atoms with E-state index in [4.69, 9.17) is 5.73 Å². The lowest BCUT2D eigenvalue weighted by atomic mass is 10.3. The third-order valence-corrected chi connectivity index (χ3v) is 2.43. The van der Waals surface area contributed by atoms with Crippen LogP contribution in [0.3, 0.4) is 0 Å². The van der Waals surface area contributed by atoms with Crippen LogP contribution in [-0.2, 0) is 16.1 Å². The molecule has 1 aromatic heterocycles. The number of carbonyl (C=O) groups is 1. The molecule has 6 heteroatoms. The summed E-state index contributed by atoms with van der Waals surface area (Å²) in [5.74, 6) is -0.302. The van der Waals surface area contributed by atoms with Gasteiger partial charge in [-0.15, -0.1) is 0 Å². The minimum Gasteiger partial charge on any atom is -0.469 e. The minimum atomic E-state index is -0.302. The maximum absolute atomic E-state index is 11.2. The fourth-order valence-electron chi connectivity index (χ4n) is 1.07. The number of pyridine rings is 1. The van der Waals surface area contributed by atoms with E-state index in [9.17, 15) is 9.59 Å². The number of methoxy groups -OCH3 is 1. The molecule has 0 unspecified atom stereocenters. The summed E-state index contributed by atoms with van der Waals surface area (Å²) < 4.78 is 6.55. The van der Waals surface area contributed by atoms with E-state index in [-0.39, 0.29) is 23.5 Å². The number of rotatable bonds is 3. The van der Waals surface area contributed by atoms with Gasteiger partial charge in [-0.25, -0.2) is 0 Å². The highest BCUT2D eigenvalue weighted by Gasteiger charge is 2.04. The van der Waals surface area contributed by atoms with Crippen molar-refractivity contribution in [2.45, 2.75) is 13.0 Å². The smallest absolute Gasteiger partial charge is 0.307 e. The average Bonchev–Trinajstić information content (AvgIpc) is 2.22. The number of ether oxygens (including phenoxy) is 1. The Bertz CT molecular complexity index is 402. The molecular formula is C9H11BrN2O3. The highest BCUT2D eigenvalue weighted by molar-refractivity contribution is 9.10. The molecule has 2 N–H and O–H groups in total. The highest BCUT2D eigenvalue weighted by Crippen LogP contribution is 2.06. The Morgan fingerprint density at radius 3 is 2.80 bits per heavy atom. The van der Waals surface area contributed by atoms with E-state index in [0.717, 1.165) is 0 Å². The van der Waals surface area contributed by atoms with Crippen LogP contribution in [-0.4, -0.2) is 17.6 Å². The van der Waals surface area contributed by atoms with Crippen LogP contribution in [0.2, 0.25) is 0 Å². The van der Waals surface area contributed by atoms with Gasteiger partial charge in [-0.3, -0.25) is 9.59 Å². The first-order valence-electron chi connectivity index (χ1n) is 4.26. The van der Waals surface area contributed by atoms with Crippen molar-refractivity contribution in [3.05, 3.63) is 27.1 Å². The third kappa shape index (κ3) is 3.09. The van der Waals surface area contributed by atoms with E-state index in [2.05, 4.69) is 20.7 Å². The van der Waals surface area contributed by atoms with Crippen molar-refractivity contribution in [2.24, 2.45) is 0 Å². The summed E-state index contributed by atoms with van der Waals surface area (Å²) in [6.45, 7) is 0.426. The summed E-state index contributed by atoms with van der Waals surface area (Å²) in [7, 11) is 1.33. The van der Waals surface area contributed by atoms with Crippen LogP contribution in [0.1, 0.15) is 6.42 Å². The Kier molecular flexibility index (Phi) is 3.90. The van der Waals surface area contributed by atoms with Crippen molar-refractivity contribution < 1.29 is 9.53 Å². The summed E-state index contributed by atoms with van der Waals surface area (Å²) in [5.41, 5.74) is 5.38. The van der Waals surface area contributed by atoms with Gasteiger partial charge in [-0.05, 0) is 15.9 Å². The zero-order chi connectivity index (χ0) is 11.4. The largest absolute Gasteiger partial charge is 0.469 e. The molecular weight excluding hydrogens is 264 g/mol. The molecule has 1 aromatic rings. The highest BCUT2D eigenvalue weighted by atomic mass is 79.9. The predicted octanol–water partition coefficient (Wildman–Crippen LogP) is 0.756. The molecule has 0 aliphatic rings. The van der Waals surface area contributed by atoms with Crippen molar-refractivity contribution in [3.8, 4) is 0 Å². The maximum atomic E-state index is 11.2. The molecule has 0 saturated heterocycles. The molecule has 0 bridgehead atoms. The number of esters is 1. The fraction of sp³-hybridized carbons (Fsp3) is 0.333. The number of nitrogens with zero attached hydrogens (tertiary/aromatic N) is 1. The first-order chi connectivity index (χ1) is 7.04. The second-order valence-electron chi connectivity index (χ2n) is 2.95. The van der Waals surface area contributed by atoms with E-state index in [1.54, 1.807) is 10.8 Å². The number of halogens is 1. The van der Waals surface area contributed by atoms with Gasteiger partial charge in [0.15, 0.2) is 0 Å². The molecule has 0 aliphatic heterocycles. The molecule has 15 heavy (non-hydrogen) atoms. The second-order valence-corrected chi connectivity index (χ2v) is 3.81. The van der Waals surface area contributed by atoms with Gasteiger partial charge in [0.1, 0.15) is 0 Å². The van der Waals surface area contributed by atoms with E-state index in [0.29, 0.717) is 11.0 Å². The van der Waals surface area contributed by atoms with Gasteiger partial charge < -0.3 is 15.0 Å². The van der Waals surface area contributed by atoms with Crippen molar-refractivity contribution in [1.29, 1.82) is 0 Å². The van der Waals surface area contributed by atoms with Crippen LogP contribution in [0.15, 0.2) is 21.7 Å². The lowest BCUT2D eigenvalue weighted by Gasteiger charge is -2.06. The third-order valence-electron chi connectivity index (χ3n) is 1.86. The standard InChI is InChI=1S/C9H11BrN2O3/c1-15-8(13)2-3-12-4-6(10)9(14)7(11)5-12/h4-5H,2-3,11H2,1H3. The Morgan fingerprint density at radius 2 is 2.27 bits per heavy atom. The molecule has 0 amide bonds. The molecule has 0 aromatic carbocycles. The topological polar surface area (TPSA) is 74.3 Å². The lowest BCUT2D eigenvalue weighted by Crippen LogP contribution is -2.14. The second kappa shape index (κ2) is 4.97. The molecule has 0 fully saturated rings. The van der Waals surface area contributed by atoms with Crippen LogP contribution < -0.4 is 11.2 Å². The van der Waals surface area contributed by atoms with Gasteiger partial charge in [0.2, 0.25) is 5.43 Å². The fourth-order valence-corrected chi connectivity index (χ4v) is 1.56. The molecule has 5 nitrogen and oxygen atoms in total. The van der Waals surface area contributed by atoms with E-state index in [1.807, 2.05) is 0 Å². The van der Waals surface area contributed by atoms with E-state index >= 15 is 0 Å². The number of hydrogen-bond donors (Lipinski definition) is 1. The Balaban J connectivity index is 2.79. The van der Waals surface area contributed by atoms with Gasteiger partial charge in [0, 0.05) is 18.9 Å². The number of nitrogens with two attached hydrogens (primary N) is 1. The van der Waals surface area contributed by atoms with Crippen molar-refractivity contribution in [2.75, 3.05) is 12.8 Å². The summed E-state index contributed by atoms with van der Waals surface area (Å²) in [5, 5.41) is 0. The molecule has 0 aliphatic carbocycles. The van der Waals surface area contributed by atoms with Crippen LogP contribution in [0.25, 0.3) is 0 Å². The van der Waals surface area contributed by atoms with Crippen molar-refractivity contribution >= 4 is 27.6 Å². The predicted molar refractivity (Wildman–Crippen MR) is 59.4 cm³/mol. The van der Waals surface area contributed by atoms with Crippen molar-refractivity contribution in [1.82, 2.24) is 4.57 Å².